The van der Waals surface area contributed by atoms with Gasteiger partial charge in [0.1, 0.15) is 24.5 Å². The Labute approximate surface area is 111 Å². The van der Waals surface area contributed by atoms with Gasteiger partial charge in [-0.3, -0.25) is 0 Å². The number of benzene rings is 1. The van der Waals surface area contributed by atoms with E-state index < -0.39 is 0 Å². The first kappa shape index (κ1) is 13.3. The van der Waals surface area contributed by atoms with Gasteiger partial charge in [0.05, 0.1) is 5.69 Å². The van der Waals surface area contributed by atoms with E-state index in [4.69, 9.17) is 10.5 Å². The first-order valence-electron chi connectivity index (χ1n) is 6.10. The van der Waals surface area contributed by atoms with Crippen LogP contribution < -0.4 is 10.5 Å². The third kappa shape index (κ3) is 3.43. The van der Waals surface area contributed by atoms with Crippen LogP contribution in [0.4, 0.5) is 10.1 Å². The van der Waals surface area contributed by atoms with E-state index in [1.165, 1.54) is 24.5 Å². The lowest BCUT2D eigenvalue weighted by molar-refractivity contribution is 0.283. The Morgan fingerprint density at radius 3 is 2.95 bits per heavy atom. The van der Waals surface area contributed by atoms with Gasteiger partial charge < -0.3 is 10.5 Å². The number of hydrogen-bond acceptors (Lipinski definition) is 4. The van der Waals surface area contributed by atoms with Gasteiger partial charge in [-0.15, -0.1) is 0 Å². The van der Waals surface area contributed by atoms with E-state index in [-0.39, 0.29) is 12.4 Å². The smallest absolute Gasteiger partial charge is 0.164 e. The molecule has 6 heteroatoms. The van der Waals surface area contributed by atoms with Crippen LogP contribution >= 0.6 is 0 Å². The van der Waals surface area contributed by atoms with Crippen molar-refractivity contribution < 1.29 is 9.13 Å². The Bertz CT molecular complexity index is 553. The maximum atomic E-state index is 13.1. The van der Waals surface area contributed by atoms with E-state index in [1.807, 2.05) is 0 Å². The minimum atomic E-state index is -0.382. The Morgan fingerprint density at radius 2 is 2.21 bits per heavy atom. The molecule has 0 spiro atoms. The van der Waals surface area contributed by atoms with Crippen molar-refractivity contribution in [3.63, 3.8) is 0 Å². The van der Waals surface area contributed by atoms with Crippen LogP contribution in [0.25, 0.3) is 0 Å². The summed E-state index contributed by atoms with van der Waals surface area (Å²) in [5.41, 5.74) is 6.11. The van der Waals surface area contributed by atoms with Crippen LogP contribution in [-0.4, -0.2) is 14.8 Å². The lowest BCUT2D eigenvalue weighted by atomic mass is 10.2. The van der Waals surface area contributed by atoms with Crippen molar-refractivity contribution in [1.29, 1.82) is 0 Å². The fraction of sp³-hybridized carbons (Fsp3) is 0.385. The maximum Gasteiger partial charge on any atom is 0.164 e. The molecule has 19 heavy (non-hydrogen) atoms. The number of nitrogen functional groups attached to an aromatic ring is 1. The average Bonchev–Trinajstić information content (AvgIpc) is 2.77. The van der Waals surface area contributed by atoms with Crippen LogP contribution in [-0.2, 0) is 13.2 Å². The molecule has 0 amide bonds. The normalized spacial score (nSPS) is 10.9. The Hall–Kier alpha value is -2.11. The molecule has 1 heterocycles. The highest BCUT2D eigenvalue weighted by molar-refractivity contribution is 5.52. The predicted octanol–water partition coefficient (Wildman–Crippen LogP) is 2.23. The summed E-state index contributed by atoms with van der Waals surface area (Å²) in [5.74, 6) is 1.09. The number of nitrogens with two attached hydrogens (primary N) is 1. The van der Waals surface area contributed by atoms with E-state index in [2.05, 4.69) is 23.9 Å². The van der Waals surface area contributed by atoms with Crippen LogP contribution in [0.3, 0.4) is 0 Å². The molecule has 1 aromatic heterocycles. The topological polar surface area (TPSA) is 66.0 Å². The van der Waals surface area contributed by atoms with Crippen LogP contribution in [0.5, 0.6) is 5.75 Å². The summed E-state index contributed by atoms with van der Waals surface area (Å²) >= 11 is 0. The quantitative estimate of drug-likeness (QED) is 0.841. The monoisotopic (exact) mass is 264 g/mol. The Kier molecular flexibility index (Phi) is 3.99. The van der Waals surface area contributed by atoms with Crippen molar-refractivity contribution in [1.82, 2.24) is 14.8 Å². The molecule has 5 nitrogen and oxygen atoms in total. The summed E-state index contributed by atoms with van der Waals surface area (Å²) in [4.78, 5) is 4.13. The Morgan fingerprint density at radius 1 is 1.42 bits per heavy atom. The molecule has 0 fully saturated rings. The standard InChI is InChI=1S/C13H17FN4O/c1-9(2)6-18-13(16-8-17-18)7-19-12-5-10(14)3-4-11(12)15/h3-5,8-9H,6-7,15H2,1-2H3. The minimum Gasteiger partial charge on any atom is -0.483 e. The van der Waals surface area contributed by atoms with E-state index in [0.717, 1.165) is 6.54 Å². The first-order valence-corrected chi connectivity index (χ1v) is 6.10. The highest BCUT2D eigenvalue weighted by atomic mass is 19.1. The SMILES string of the molecule is CC(C)Cn1ncnc1COc1cc(F)ccc1N. The number of hydrogen-bond donors (Lipinski definition) is 1. The van der Waals surface area contributed by atoms with Crippen molar-refractivity contribution in [3.05, 3.63) is 36.2 Å². The van der Waals surface area contributed by atoms with E-state index >= 15 is 0 Å². The van der Waals surface area contributed by atoms with Crippen LogP contribution in [0, 0.1) is 11.7 Å². The number of nitrogens with zero attached hydrogens (tertiary/aromatic N) is 3. The molecule has 0 aliphatic rings. The van der Waals surface area contributed by atoms with E-state index in [0.29, 0.717) is 23.2 Å². The summed E-state index contributed by atoms with van der Waals surface area (Å²) in [7, 11) is 0. The second-order valence-electron chi connectivity index (χ2n) is 4.72. The number of rotatable bonds is 5. The van der Waals surface area contributed by atoms with Crippen LogP contribution in [0.2, 0.25) is 0 Å². The molecule has 102 valence electrons. The largest absolute Gasteiger partial charge is 0.483 e. The van der Waals surface area contributed by atoms with Crippen molar-refractivity contribution in [3.8, 4) is 5.75 Å². The van der Waals surface area contributed by atoms with Crippen LogP contribution in [0.15, 0.2) is 24.5 Å². The molecular formula is C13H17FN4O. The molecule has 0 saturated heterocycles. The van der Waals surface area contributed by atoms with Gasteiger partial charge >= 0.3 is 0 Å². The molecule has 2 rings (SSSR count). The van der Waals surface area contributed by atoms with Gasteiger partial charge in [-0.05, 0) is 18.1 Å². The van der Waals surface area contributed by atoms with Crippen molar-refractivity contribution in [2.24, 2.45) is 5.92 Å². The second-order valence-corrected chi connectivity index (χ2v) is 4.72. The van der Waals surface area contributed by atoms with Gasteiger partial charge in [0.25, 0.3) is 0 Å². The predicted molar refractivity (Wildman–Crippen MR) is 70.0 cm³/mol. The first-order chi connectivity index (χ1) is 9.06. The molecule has 0 bridgehead atoms. The number of halogens is 1. The molecular weight excluding hydrogens is 247 g/mol. The van der Waals surface area contributed by atoms with Gasteiger partial charge in [0, 0.05) is 12.6 Å². The maximum absolute atomic E-state index is 13.1. The molecule has 0 saturated carbocycles. The molecule has 2 N–H and O–H groups in total. The molecule has 0 aliphatic carbocycles. The van der Waals surface area contributed by atoms with Gasteiger partial charge in [0.15, 0.2) is 5.82 Å². The third-order valence-electron chi connectivity index (χ3n) is 2.57. The molecule has 0 radical (unpaired) electrons. The van der Waals surface area contributed by atoms with Gasteiger partial charge in [-0.2, -0.15) is 5.10 Å². The third-order valence-corrected chi connectivity index (χ3v) is 2.57. The average molecular weight is 264 g/mol. The molecule has 0 atom stereocenters. The summed E-state index contributed by atoms with van der Waals surface area (Å²) in [6, 6.07) is 4.03. The van der Waals surface area contributed by atoms with Gasteiger partial charge in [-0.25, -0.2) is 14.1 Å². The summed E-state index contributed by atoms with van der Waals surface area (Å²) < 4.78 is 20.4. The number of anilines is 1. The second kappa shape index (κ2) is 5.69. The molecule has 1 aromatic carbocycles. The zero-order valence-corrected chi connectivity index (χ0v) is 11.0. The van der Waals surface area contributed by atoms with Gasteiger partial charge in [-0.1, -0.05) is 13.8 Å². The van der Waals surface area contributed by atoms with Gasteiger partial charge in [0.2, 0.25) is 0 Å². The fourth-order valence-corrected chi connectivity index (χ4v) is 1.67. The number of aromatic nitrogens is 3. The summed E-state index contributed by atoms with van der Waals surface area (Å²) in [5, 5.41) is 4.13. The minimum absolute atomic E-state index is 0.209. The highest BCUT2D eigenvalue weighted by Crippen LogP contribution is 2.22. The number of ether oxygens (including phenoxy) is 1. The molecule has 0 unspecified atom stereocenters. The van der Waals surface area contributed by atoms with E-state index in [9.17, 15) is 4.39 Å². The molecule has 0 aliphatic heterocycles. The zero-order chi connectivity index (χ0) is 13.8. The van der Waals surface area contributed by atoms with E-state index in [1.54, 1.807) is 4.68 Å². The van der Waals surface area contributed by atoms with Crippen molar-refractivity contribution in [2.45, 2.75) is 27.0 Å². The lowest BCUT2D eigenvalue weighted by Crippen LogP contribution is -2.12. The summed E-state index contributed by atoms with van der Waals surface area (Å²) in [6.45, 7) is 5.16. The highest BCUT2D eigenvalue weighted by Gasteiger charge is 2.08. The van der Waals surface area contributed by atoms with Crippen LogP contribution in [0.1, 0.15) is 19.7 Å². The van der Waals surface area contributed by atoms with Crippen molar-refractivity contribution in [2.75, 3.05) is 5.73 Å². The fourth-order valence-electron chi connectivity index (χ4n) is 1.67. The summed E-state index contributed by atoms with van der Waals surface area (Å²) in [6.07, 6.45) is 1.48. The lowest BCUT2D eigenvalue weighted by Gasteiger charge is -2.11. The van der Waals surface area contributed by atoms with Crippen molar-refractivity contribution >= 4 is 5.69 Å². The Balaban J connectivity index is 2.06. The molecule has 2 aromatic rings. The zero-order valence-electron chi connectivity index (χ0n) is 11.0.